The quantitative estimate of drug-likeness (QED) is 0.775. The third kappa shape index (κ3) is 3.04. The van der Waals surface area contributed by atoms with E-state index in [2.05, 4.69) is 12.2 Å². The second-order valence-corrected chi connectivity index (χ2v) is 5.70. The first kappa shape index (κ1) is 15.1. The Morgan fingerprint density at radius 2 is 1.95 bits per heavy atom. The lowest BCUT2D eigenvalue weighted by molar-refractivity contribution is 0.498. The zero-order valence-corrected chi connectivity index (χ0v) is 12.2. The number of benzene rings is 1. The summed E-state index contributed by atoms with van der Waals surface area (Å²) in [6, 6.07) is 5.35. The predicted molar refractivity (Wildman–Crippen MR) is 76.3 cm³/mol. The molecular weight excluding hydrogens is 283 g/mol. The Bertz CT molecular complexity index is 595. The molecule has 20 heavy (non-hydrogen) atoms. The maximum absolute atomic E-state index is 13.8. The van der Waals surface area contributed by atoms with Crippen molar-refractivity contribution in [1.29, 1.82) is 0 Å². The molecule has 0 aliphatic carbocycles. The zero-order valence-electron chi connectivity index (χ0n) is 11.3. The van der Waals surface area contributed by atoms with E-state index < -0.39 is 17.5 Å². The summed E-state index contributed by atoms with van der Waals surface area (Å²) in [4.78, 5) is 1.57. The van der Waals surface area contributed by atoms with Crippen molar-refractivity contribution in [3.05, 3.63) is 46.6 Å². The van der Waals surface area contributed by atoms with Crippen LogP contribution in [0.3, 0.4) is 0 Å². The smallest absolute Gasteiger partial charge is 0.167 e. The molecule has 1 heterocycles. The van der Waals surface area contributed by atoms with E-state index in [0.29, 0.717) is 10.9 Å². The number of nitrogens with one attached hydrogen (secondary N) is 1. The van der Waals surface area contributed by atoms with Gasteiger partial charge >= 0.3 is 0 Å². The molecule has 0 saturated heterocycles. The number of rotatable bonds is 5. The molecule has 0 radical (unpaired) electrons. The van der Waals surface area contributed by atoms with Crippen LogP contribution in [0.1, 0.15) is 30.7 Å². The Kier molecular flexibility index (Phi) is 4.83. The summed E-state index contributed by atoms with van der Waals surface area (Å²) >= 11 is 1.35. The molecule has 1 aromatic heterocycles. The third-order valence-corrected chi connectivity index (χ3v) is 4.39. The fraction of sp³-hybridized carbons (Fsp3) is 0.333. The molecule has 0 saturated carbocycles. The minimum atomic E-state index is -1.16. The number of hydrogen-bond donors (Lipinski definition) is 1. The largest absolute Gasteiger partial charge is 0.312 e. The highest BCUT2D eigenvalue weighted by Gasteiger charge is 2.17. The van der Waals surface area contributed by atoms with Crippen LogP contribution < -0.4 is 5.32 Å². The van der Waals surface area contributed by atoms with Crippen LogP contribution in [0, 0.1) is 17.5 Å². The first-order valence-electron chi connectivity index (χ1n) is 6.48. The lowest BCUT2D eigenvalue weighted by Gasteiger charge is -2.12. The molecular formula is C15H16F3NS. The first-order valence-corrected chi connectivity index (χ1v) is 7.30. The van der Waals surface area contributed by atoms with Crippen LogP contribution in [-0.2, 0) is 0 Å². The molecule has 108 valence electrons. The van der Waals surface area contributed by atoms with Crippen molar-refractivity contribution in [2.75, 3.05) is 7.05 Å². The van der Waals surface area contributed by atoms with Gasteiger partial charge in [-0.25, -0.2) is 13.2 Å². The van der Waals surface area contributed by atoms with Crippen LogP contribution in [0.4, 0.5) is 13.2 Å². The van der Waals surface area contributed by atoms with E-state index in [-0.39, 0.29) is 11.6 Å². The standard InChI is InChI=1S/C15H16F3NS/c1-3-4-12(19-2)14-6-5-13(20-14)10-7-9(16)8-11(17)15(10)18/h5-8,12,19H,3-4H2,1-2H3. The van der Waals surface area contributed by atoms with Crippen LogP contribution in [0.15, 0.2) is 24.3 Å². The van der Waals surface area contributed by atoms with E-state index in [1.807, 2.05) is 13.1 Å². The van der Waals surface area contributed by atoms with Crippen LogP contribution >= 0.6 is 11.3 Å². The molecule has 0 amide bonds. The second kappa shape index (κ2) is 6.41. The summed E-state index contributed by atoms with van der Waals surface area (Å²) in [5, 5.41) is 3.19. The highest BCUT2D eigenvalue weighted by molar-refractivity contribution is 7.15. The molecule has 1 nitrogen and oxygen atoms in total. The molecule has 0 fully saturated rings. The first-order chi connectivity index (χ1) is 9.56. The second-order valence-electron chi connectivity index (χ2n) is 4.58. The molecule has 1 N–H and O–H groups in total. The van der Waals surface area contributed by atoms with E-state index in [0.717, 1.165) is 23.8 Å². The van der Waals surface area contributed by atoms with E-state index in [1.54, 1.807) is 6.07 Å². The van der Waals surface area contributed by atoms with Gasteiger partial charge in [0.1, 0.15) is 5.82 Å². The van der Waals surface area contributed by atoms with Gasteiger partial charge in [-0.05, 0) is 31.7 Å². The average Bonchev–Trinajstić information content (AvgIpc) is 2.89. The summed E-state index contributed by atoms with van der Waals surface area (Å²) in [6.45, 7) is 2.08. The molecule has 2 rings (SSSR count). The van der Waals surface area contributed by atoms with Gasteiger partial charge in [-0.2, -0.15) is 0 Å². The molecule has 0 aliphatic rings. The van der Waals surface area contributed by atoms with Gasteiger partial charge in [0, 0.05) is 27.4 Å². The monoisotopic (exact) mass is 299 g/mol. The van der Waals surface area contributed by atoms with Gasteiger partial charge in [-0.1, -0.05) is 13.3 Å². The Labute approximate surface area is 120 Å². The van der Waals surface area contributed by atoms with Crippen molar-refractivity contribution in [1.82, 2.24) is 5.32 Å². The average molecular weight is 299 g/mol. The summed E-state index contributed by atoms with van der Waals surface area (Å²) in [5.41, 5.74) is -0.0231. The van der Waals surface area contributed by atoms with Gasteiger partial charge in [0.25, 0.3) is 0 Å². The van der Waals surface area contributed by atoms with Gasteiger partial charge in [0.15, 0.2) is 11.6 Å². The number of halogens is 3. The fourth-order valence-electron chi connectivity index (χ4n) is 2.14. The topological polar surface area (TPSA) is 12.0 Å². The van der Waals surface area contributed by atoms with Crippen LogP contribution in [0.25, 0.3) is 10.4 Å². The van der Waals surface area contributed by atoms with Crippen molar-refractivity contribution in [2.24, 2.45) is 0 Å². The number of hydrogen-bond acceptors (Lipinski definition) is 2. The SMILES string of the molecule is CCCC(NC)c1ccc(-c2cc(F)cc(F)c2F)s1. The Hall–Kier alpha value is -1.33. The van der Waals surface area contributed by atoms with Gasteiger partial charge in [-0.3, -0.25) is 0 Å². The van der Waals surface area contributed by atoms with Gasteiger partial charge in [0.05, 0.1) is 0 Å². The highest BCUT2D eigenvalue weighted by Crippen LogP contribution is 2.35. The van der Waals surface area contributed by atoms with Crippen molar-refractivity contribution in [2.45, 2.75) is 25.8 Å². The van der Waals surface area contributed by atoms with Gasteiger partial charge in [-0.15, -0.1) is 11.3 Å². The van der Waals surface area contributed by atoms with Crippen molar-refractivity contribution >= 4 is 11.3 Å². The van der Waals surface area contributed by atoms with E-state index in [9.17, 15) is 13.2 Å². The van der Waals surface area contributed by atoms with Crippen LogP contribution in [0.2, 0.25) is 0 Å². The van der Waals surface area contributed by atoms with E-state index >= 15 is 0 Å². The molecule has 0 aliphatic heterocycles. The molecule has 0 bridgehead atoms. The Morgan fingerprint density at radius 1 is 1.20 bits per heavy atom. The van der Waals surface area contributed by atoms with Crippen molar-refractivity contribution < 1.29 is 13.2 Å². The molecule has 5 heteroatoms. The lowest BCUT2D eigenvalue weighted by Crippen LogP contribution is -2.14. The zero-order chi connectivity index (χ0) is 14.7. The van der Waals surface area contributed by atoms with Gasteiger partial charge < -0.3 is 5.32 Å². The van der Waals surface area contributed by atoms with Crippen LogP contribution in [0.5, 0.6) is 0 Å². The summed E-state index contributed by atoms with van der Waals surface area (Å²) in [5.74, 6) is -2.93. The van der Waals surface area contributed by atoms with Crippen molar-refractivity contribution in [3.8, 4) is 10.4 Å². The molecule has 1 aromatic carbocycles. The number of thiophene rings is 1. The third-order valence-electron chi connectivity index (χ3n) is 3.15. The molecule has 2 aromatic rings. The maximum Gasteiger partial charge on any atom is 0.167 e. The summed E-state index contributed by atoms with van der Waals surface area (Å²) in [6.07, 6.45) is 1.97. The molecule has 0 spiro atoms. The fourth-order valence-corrected chi connectivity index (χ4v) is 3.30. The highest BCUT2D eigenvalue weighted by atomic mass is 32.1. The Balaban J connectivity index is 2.38. The van der Waals surface area contributed by atoms with E-state index in [1.165, 1.54) is 11.3 Å². The van der Waals surface area contributed by atoms with Crippen molar-refractivity contribution in [3.63, 3.8) is 0 Å². The predicted octanol–water partition coefficient (Wildman–Crippen LogP) is 4.89. The van der Waals surface area contributed by atoms with Crippen LogP contribution in [-0.4, -0.2) is 7.05 Å². The minimum Gasteiger partial charge on any atom is -0.312 e. The summed E-state index contributed by atoms with van der Waals surface area (Å²) in [7, 11) is 1.86. The minimum absolute atomic E-state index is 0.0231. The summed E-state index contributed by atoms with van der Waals surface area (Å²) < 4.78 is 40.2. The molecule has 1 unspecified atom stereocenters. The van der Waals surface area contributed by atoms with Gasteiger partial charge in [0.2, 0.25) is 0 Å². The molecule has 1 atom stereocenters. The normalized spacial score (nSPS) is 12.7. The van der Waals surface area contributed by atoms with E-state index in [4.69, 9.17) is 0 Å². The lowest BCUT2D eigenvalue weighted by atomic mass is 10.1. The Morgan fingerprint density at radius 3 is 2.60 bits per heavy atom. The maximum atomic E-state index is 13.8.